The highest BCUT2D eigenvalue weighted by molar-refractivity contribution is 6.09. The molecule has 0 aliphatic carbocycles. The van der Waals surface area contributed by atoms with Crippen LogP contribution in [0.5, 0.6) is 0 Å². The Morgan fingerprint density at radius 1 is 0.750 bits per heavy atom. The minimum atomic E-state index is -4.35. The number of furan rings is 1. The molecule has 0 spiro atoms. The maximum atomic E-state index is 12.8. The third kappa shape index (κ3) is 3.76. The van der Waals surface area contributed by atoms with Gasteiger partial charge in [0.15, 0.2) is 0 Å². The predicted molar refractivity (Wildman–Crippen MR) is 121 cm³/mol. The molecule has 0 bridgehead atoms. The predicted octanol–water partition coefficient (Wildman–Crippen LogP) is 7.51. The highest BCUT2D eigenvalue weighted by Gasteiger charge is 2.30. The van der Waals surface area contributed by atoms with Gasteiger partial charge in [0.05, 0.1) is 5.56 Å². The molecule has 0 radical (unpaired) electrons. The molecular formula is C27H20F3NO. The van der Waals surface area contributed by atoms with E-state index >= 15 is 0 Å². The number of benzene rings is 4. The molecular weight excluding hydrogens is 411 g/mol. The average Bonchev–Trinajstić information content (AvgIpc) is 3.18. The maximum Gasteiger partial charge on any atom is 0.416 e. The zero-order chi connectivity index (χ0) is 22.3. The van der Waals surface area contributed by atoms with Crippen LogP contribution in [0.3, 0.4) is 0 Å². The summed E-state index contributed by atoms with van der Waals surface area (Å²) < 4.78 is 44.4. The molecule has 1 heterocycles. The fourth-order valence-corrected chi connectivity index (χ4v) is 4.09. The molecule has 0 amide bonds. The Labute approximate surface area is 183 Å². The molecule has 5 rings (SSSR count). The summed E-state index contributed by atoms with van der Waals surface area (Å²) >= 11 is 0. The van der Waals surface area contributed by atoms with E-state index in [4.69, 9.17) is 10.2 Å². The van der Waals surface area contributed by atoms with Crippen LogP contribution in [-0.2, 0) is 12.6 Å². The fraction of sp³-hybridized carbons (Fsp3) is 0.111. The van der Waals surface area contributed by atoms with Crippen molar-refractivity contribution in [2.45, 2.75) is 18.6 Å². The molecule has 4 aromatic carbocycles. The van der Waals surface area contributed by atoms with Crippen molar-refractivity contribution in [2.24, 2.45) is 5.73 Å². The molecule has 32 heavy (non-hydrogen) atoms. The van der Waals surface area contributed by atoms with Gasteiger partial charge >= 0.3 is 6.18 Å². The molecule has 1 unspecified atom stereocenters. The molecule has 5 aromatic rings. The van der Waals surface area contributed by atoms with Gasteiger partial charge < -0.3 is 10.2 Å². The van der Waals surface area contributed by atoms with Crippen LogP contribution >= 0.6 is 0 Å². The Hall–Kier alpha value is -3.57. The van der Waals surface area contributed by atoms with E-state index in [0.717, 1.165) is 50.8 Å². The quantitative estimate of drug-likeness (QED) is 0.320. The van der Waals surface area contributed by atoms with Crippen LogP contribution in [0.4, 0.5) is 13.2 Å². The van der Waals surface area contributed by atoms with Gasteiger partial charge in [0.1, 0.15) is 11.2 Å². The topological polar surface area (TPSA) is 39.2 Å². The number of para-hydroxylation sites is 2. The smallest absolute Gasteiger partial charge is 0.416 e. The van der Waals surface area contributed by atoms with Gasteiger partial charge in [-0.05, 0) is 41.3 Å². The largest absolute Gasteiger partial charge is 0.455 e. The standard InChI is InChI=1S/C27H20F3NO/c28-27(29,30)20-14-12-19(13-15-20)24(31)16-17-8-10-18(11-9-17)21-5-3-6-23-22-4-1-2-7-25(22)32-26(21)23/h1-15,24H,16,31H2. The average molecular weight is 431 g/mol. The summed E-state index contributed by atoms with van der Waals surface area (Å²) in [5, 5.41) is 2.16. The van der Waals surface area contributed by atoms with Gasteiger partial charge in [-0.25, -0.2) is 0 Å². The molecule has 0 aliphatic heterocycles. The molecule has 0 fully saturated rings. The van der Waals surface area contributed by atoms with Crippen LogP contribution in [0.2, 0.25) is 0 Å². The Morgan fingerprint density at radius 3 is 2.16 bits per heavy atom. The second kappa shape index (κ2) is 7.84. The van der Waals surface area contributed by atoms with Gasteiger partial charge in [-0.1, -0.05) is 72.8 Å². The SMILES string of the molecule is NC(Cc1ccc(-c2cccc3c2oc2ccccc23)cc1)c1ccc(C(F)(F)F)cc1. The van der Waals surface area contributed by atoms with Gasteiger partial charge in [-0.3, -0.25) is 0 Å². The van der Waals surface area contributed by atoms with Crippen molar-refractivity contribution in [3.63, 3.8) is 0 Å². The Morgan fingerprint density at radius 2 is 1.44 bits per heavy atom. The molecule has 5 heteroatoms. The van der Waals surface area contributed by atoms with E-state index < -0.39 is 11.7 Å². The minimum absolute atomic E-state index is 0.387. The van der Waals surface area contributed by atoms with Crippen LogP contribution in [0, 0.1) is 0 Å². The van der Waals surface area contributed by atoms with Gasteiger partial charge in [0.25, 0.3) is 0 Å². The normalized spacial score (nSPS) is 13.0. The van der Waals surface area contributed by atoms with Gasteiger partial charge in [0, 0.05) is 22.4 Å². The van der Waals surface area contributed by atoms with Crippen molar-refractivity contribution in [3.05, 3.63) is 108 Å². The van der Waals surface area contributed by atoms with Gasteiger partial charge in [0.2, 0.25) is 0 Å². The number of hydrogen-bond donors (Lipinski definition) is 1. The number of alkyl halides is 3. The van der Waals surface area contributed by atoms with Crippen molar-refractivity contribution in [1.29, 1.82) is 0 Å². The molecule has 1 atom stereocenters. The lowest BCUT2D eigenvalue weighted by atomic mass is 9.96. The molecule has 2 N–H and O–H groups in total. The molecule has 0 saturated heterocycles. The fourth-order valence-electron chi connectivity index (χ4n) is 4.09. The first-order chi connectivity index (χ1) is 15.4. The number of rotatable bonds is 4. The first-order valence-corrected chi connectivity index (χ1v) is 10.3. The van der Waals surface area contributed by atoms with Crippen LogP contribution in [0.25, 0.3) is 33.1 Å². The van der Waals surface area contributed by atoms with E-state index in [1.807, 2.05) is 54.6 Å². The number of nitrogens with two attached hydrogens (primary N) is 1. The van der Waals surface area contributed by atoms with Crippen molar-refractivity contribution in [2.75, 3.05) is 0 Å². The Bertz CT molecular complexity index is 1380. The highest BCUT2D eigenvalue weighted by Crippen LogP contribution is 2.36. The summed E-state index contributed by atoms with van der Waals surface area (Å²) in [7, 11) is 0. The van der Waals surface area contributed by atoms with Gasteiger partial charge in [-0.2, -0.15) is 13.2 Å². The van der Waals surface area contributed by atoms with Crippen molar-refractivity contribution >= 4 is 21.9 Å². The Kier molecular flexibility index (Phi) is 4.98. The van der Waals surface area contributed by atoms with E-state index in [1.54, 1.807) is 0 Å². The number of halogens is 3. The summed E-state index contributed by atoms with van der Waals surface area (Å²) in [6.07, 6.45) is -3.82. The minimum Gasteiger partial charge on any atom is -0.455 e. The van der Waals surface area contributed by atoms with Crippen molar-refractivity contribution in [3.8, 4) is 11.1 Å². The van der Waals surface area contributed by atoms with Gasteiger partial charge in [-0.15, -0.1) is 0 Å². The molecule has 0 aliphatic rings. The summed E-state index contributed by atoms with van der Waals surface area (Å²) in [6, 6.07) is 26.8. The van der Waals surface area contributed by atoms with Crippen molar-refractivity contribution < 1.29 is 17.6 Å². The summed E-state index contributed by atoms with van der Waals surface area (Å²) in [5.74, 6) is 0. The second-order valence-corrected chi connectivity index (χ2v) is 7.91. The summed E-state index contributed by atoms with van der Waals surface area (Å²) in [6.45, 7) is 0. The molecule has 160 valence electrons. The molecule has 2 nitrogen and oxygen atoms in total. The first-order valence-electron chi connectivity index (χ1n) is 10.3. The Balaban J connectivity index is 1.39. The molecule has 0 saturated carbocycles. The lowest BCUT2D eigenvalue weighted by Gasteiger charge is -2.14. The lowest BCUT2D eigenvalue weighted by Crippen LogP contribution is -2.14. The zero-order valence-electron chi connectivity index (χ0n) is 17.1. The lowest BCUT2D eigenvalue weighted by molar-refractivity contribution is -0.137. The summed E-state index contributed by atoms with van der Waals surface area (Å²) in [5.41, 5.74) is 11.0. The van der Waals surface area contributed by atoms with E-state index in [0.29, 0.717) is 12.0 Å². The molecule has 1 aromatic heterocycles. The highest BCUT2D eigenvalue weighted by atomic mass is 19.4. The first kappa shape index (κ1) is 20.3. The van der Waals surface area contributed by atoms with E-state index in [1.165, 1.54) is 12.1 Å². The maximum absolute atomic E-state index is 12.8. The van der Waals surface area contributed by atoms with Crippen LogP contribution in [0.15, 0.2) is 95.4 Å². The van der Waals surface area contributed by atoms with Crippen LogP contribution in [-0.4, -0.2) is 0 Å². The number of hydrogen-bond acceptors (Lipinski definition) is 2. The second-order valence-electron chi connectivity index (χ2n) is 7.91. The zero-order valence-corrected chi connectivity index (χ0v) is 17.1. The third-order valence-electron chi connectivity index (χ3n) is 5.79. The third-order valence-corrected chi connectivity index (χ3v) is 5.79. The number of fused-ring (bicyclic) bond motifs is 3. The van der Waals surface area contributed by atoms with E-state index in [-0.39, 0.29) is 6.04 Å². The van der Waals surface area contributed by atoms with Crippen molar-refractivity contribution in [1.82, 2.24) is 0 Å². The monoisotopic (exact) mass is 431 g/mol. The van der Waals surface area contributed by atoms with E-state index in [9.17, 15) is 13.2 Å². The van der Waals surface area contributed by atoms with Crippen LogP contribution < -0.4 is 5.73 Å². The summed E-state index contributed by atoms with van der Waals surface area (Å²) in [4.78, 5) is 0. The van der Waals surface area contributed by atoms with E-state index in [2.05, 4.69) is 12.1 Å². The van der Waals surface area contributed by atoms with Crippen LogP contribution in [0.1, 0.15) is 22.7 Å².